The molecule has 3 fully saturated rings. The van der Waals surface area contributed by atoms with Crippen molar-refractivity contribution in [3.8, 4) is 11.1 Å². The van der Waals surface area contributed by atoms with E-state index in [1.807, 2.05) is 31.2 Å². The number of hydrogen-bond donors (Lipinski definition) is 1. The van der Waals surface area contributed by atoms with E-state index in [4.69, 9.17) is 9.47 Å². The third kappa shape index (κ3) is 5.01. The lowest BCUT2D eigenvalue weighted by molar-refractivity contribution is -0.144. The van der Waals surface area contributed by atoms with Crippen LogP contribution in [0, 0.1) is 35.4 Å². The number of esters is 1. The zero-order valence-electron chi connectivity index (χ0n) is 20.7. The molecule has 5 rings (SSSR count). The Bertz CT molecular complexity index is 1130. The van der Waals surface area contributed by atoms with Gasteiger partial charge in [-0.25, -0.2) is 9.18 Å². The molecule has 1 N–H and O–H groups in total. The molecule has 1 aromatic heterocycles. The molecule has 7 heteroatoms. The highest BCUT2D eigenvalue weighted by Crippen LogP contribution is 2.53. The van der Waals surface area contributed by atoms with E-state index in [0.717, 1.165) is 42.5 Å². The van der Waals surface area contributed by atoms with Gasteiger partial charge in [0, 0.05) is 23.7 Å². The quantitative estimate of drug-likeness (QED) is 0.548. The molecule has 1 aromatic carbocycles. The van der Waals surface area contributed by atoms with Crippen molar-refractivity contribution < 1.29 is 23.5 Å². The molecule has 190 valence electrons. The van der Waals surface area contributed by atoms with Crippen LogP contribution in [0.4, 0.5) is 9.18 Å². The van der Waals surface area contributed by atoms with Crippen LogP contribution < -0.4 is 5.32 Å². The molecule has 36 heavy (non-hydrogen) atoms. The molecule has 2 heterocycles. The smallest absolute Gasteiger partial charge is 0.407 e. The number of halogens is 1. The first-order chi connectivity index (χ1) is 17.4. The van der Waals surface area contributed by atoms with Gasteiger partial charge >= 0.3 is 12.1 Å². The number of nitrogens with one attached hydrogen (secondary N) is 1. The second-order valence-electron chi connectivity index (χ2n) is 10.3. The van der Waals surface area contributed by atoms with Gasteiger partial charge in [-0.2, -0.15) is 0 Å². The van der Waals surface area contributed by atoms with Gasteiger partial charge in [-0.3, -0.25) is 9.78 Å². The van der Waals surface area contributed by atoms with Gasteiger partial charge in [0.25, 0.3) is 0 Å². The Morgan fingerprint density at radius 2 is 2.08 bits per heavy atom. The first-order valence-electron chi connectivity index (χ1n) is 13.0. The van der Waals surface area contributed by atoms with Gasteiger partial charge in [0.05, 0.1) is 18.2 Å². The van der Waals surface area contributed by atoms with E-state index >= 15 is 0 Å². The van der Waals surface area contributed by atoms with Gasteiger partial charge in [0.15, 0.2) is 0 Å². The second-order valence-corrected chi connectivity index (χ2v) is 10.3. The first kappa shape index (κ1) is 24.5. The Morgan fingerprint density at radius 3 is 2.83 bits per heavy atom. The number of cyclic esters (lactones) is 1. The minimum atomic E-state index is -0.368. The van der Waals surface area contributed by atoms with Crippen LogP contribution in [-0.4, -0.2) is 35.8 Å². The van der Waals surface area contributed by atoms with Crippen LogP contribution in [0.25, 0.3) is 17.2 Å². The summed E-state index contributed by atoms with van der Waals surface area (Å²) in [6, 6.07) is 10.4. The van der Waals surface area contributed by atoms with E-state index in [-0.39, 0.29) is 47.8 Å². The highest BCUT2D eigenvalue weighted by molar-refractivity contribution is 5.75. The molecule has 2 saturated carbocycles. The van der Waals surface area contributed by atoms with E-state index in [1.54, 1.807) is 19.2 Å². The number of amides is 1. The number of pyridine rings is 1. The van der Waals surface area contributed by atoms with E-state index in [2.05, 4.69) is 16.4 Å². The average Bonchev–Trinajstić information content (AvgIpc) is 3.15. The highest BCUT2D eigenvalue weighted by Gasteiger charge is 2.54. The molecule has 0 spiro atoms. The maximum Gasteiger partial charge on any atom is 0.407 e. The van der Waals surface area contributed by atoms with E-state index in [1.165, 1.54) is 12.1 Å². The number of carbonyl (C=O) groups excluding carboxylic acids is 2. The Kier molecular flexibility index (Phi) is 7.08. The summed E-state index contributed by atoms with van der Waals surface area (Å²) in [7, 11) is 0. The molecule has 0 bridgehead atoms. The minimum absolute atomic E-state index is 0.0679. The van der Waals surface area contributed by atoms with Gasteiger partial charge in [-0.15, -0.1) is 0 Å². The summed E-state index contributed by atoms with van der Waals surface area (Å²) in [4.78, 5) is 29.2. The fraction of sp³-hybridized carbons (Fsp3) is 0.483. The number of nitrogens with zero attached hydrogens (tertiary/aromatic N) is 1. The molecule has 1 amide bonds. The average molecular weight is 493 g/mol. The van der Waals surface area contributed by atoms with Crippen molar-refractivity contribution in [1.82, 2.24) is 10.3 Å². The van der Waals surface area contributed by atoms with Crippen LogP contribution in [0.2, 0.25) is 0 Å². The molecule has 2 aliphatic carbocycles. The van der Waals surface area contributed by atoms with Crippen LogP contribution in [0.1, 0.15) is 45.2 Å². The lowest BCUT2D eigenvalue weighted by Crippen LogP contribution is -2.48. The van der Waals surface area contributed by atoms with E-state index < -0.39 is 0 Å². The normalized spacial score (nSPS) is 31.4. The van der Waals surface area contributed by atoms with E-state index in [9.17, 15) is 14.0 Å². The first-order valence-corrected chi connectivity index (χ1v) is 13.0. The summed E-state index contributed by atoms with van der Waals surface area (Å²) < 4.78 is 24.3. The van der Waals surface area contributed by atoms with E-state index in [0.29, 0.717) is 18.4 Å². The topological polar surface area (TPSA) is 77.5 Å². The molecule has 0 unspecified atom stereocenters. The van der Waals surface area contributed by atoms with Gasteiger partial charge in [-0.05, 0) is 87.1 Å². The molecule has 7 atom stereocenters. The fourth-order valence-corrected chi connectivity index (χ4v) is 6.64. The number of aromatic nitrogens is 1. The summed E-state index contributed by atoms with van der Waals surface area (Å²) >= 11 is 0. The van der Waals surface area contributed by atoms with Crippen LogP contribution in [0.15, 0.2) is 48.7 Å². The largest absolute Gasteiger partial charge is 0.462 e. The van der Waals surface area contributed by atoms with Gasteiger partial charge in [-0.1, -0.05) is 24.3 Å². The van der Waals surface area contributed by atoms with Crippen LogP contribution in [0.3, 0.4) is 0 Å². The van der Waals surface area contributed by atoms with Crippen molar-refractivity contribution in [3.05, 3.63) is 60.2 Å². The number of rotatable bonds is 5. The number of carbonyl (C=O) groups is 2. The van der Waals surface area contributed by atoms with Gasteiger partial charge < -0.3 is 14.8 Å². The van der Waals surface area contributed by atoms with Crippen LogP contribution in [0.5, 0.6) is 0 Å². The molecule has 1 saturated heterocycles. The van der Waals surface area contributed by atoms with Crippen LogP contribution in [-0.2, 0) is 14.3 Å². The summed E-state index contributed by atoms with van der Waals surface area (Å²) in [5.74, 6) is 0.629. The molecular weight excluding hydrogens is 459 g/mol. The Balaban J connectivity index is 1.34. The number of alkyl carbamates (subject to hydrolysis) is 1. The van der Waals surface area contributed by atoms with Crippen molar-refractivity contribution in [2.24, 2.45) is 29.6 Å². The number of ether oxygens (including phenoxy) is 2. The zero-order valence-corrected chi connectivity index (χ0v) is 20.7. The fourth-order valence-electron chi connectivity index (χ4n) is 6.64. The predicted molar refractivity (Wildman–Crippen MR) is 134 cm³/mol. The Morgan fingerprint density at radius 1 is 1.22 bits per heavy atom. The third-order valence-corrected chi connectivity index (χ3v) is 8.18. The second kappa shape index (κ2) is 10.4. The monoisotopic (exact) mass is 492 g/mol. The predicted octanol–water partition coefficient (Wildman–Crippen LogP) is 5.63. The maximum atomic E-state index is 13.6. The molecular formula is C29H33FN2O4. The molecule has 2 aromatic rings. The Hall–Kier alpha value is -3.22. The summed E-state index contributed by atoms with van der Waals surface area (Å²) in [5, 5.41) is 3.00. The zero-order chi connectivity index (χ0) is 25.2. The van der Waals surface area contributed by atoms with Crippen molar-refractivity contribution in [2.45, 2.75) is 51.7 Å². The lowest BCUT2D eigenvalue weighted by atomic mass is 9.57. The van der Waals surface area contributed by atoms with Gasteiger partial charge in [0.2, 0.25) is 0 Å². The molecule has 1 aliphatic heterocycles. The number of hydrogen-bond acceptors (Lipinski definition) is 5. The van der Waals surface area contributed by atoms with Crippen molar-refractivity contribution in [3.63, 3.8) is 0 Å². The number of fused-ring (bicyclic) bond motifs is 2. The lowest BCUT2D eigenvalue weighted by Gasteiger charge is -2.47. The van der Waals surface area contributed by atoms with Crippen molar-refractivity contribution >= 4 is 18.1 Å². The Labute approximate surface area is 211 Å². The van der Waals surface area contributed by atoms with Crippen molar-refractivity contribution in [2.75, 3.05) is 6.61 Å². The molecule has 3 aliphatic rings. The molecule has 6 nitrogen and oxygen atoms in total. The van der Waals surface area contributed by atoms with Gasteiger partial charge in [0.1, 0.15) is 11.9 Å². The van der Waals surface area contributed by atoms with Crippen LogP contribution >= 0.6 is 0 Å². The number of allylic oxidation sites excluding steroid dienone is 1. The van der Waals surface area contributed by atoms with Crippen molar-refractivity contribution in [1.29, 1.82) is 0 Å². The molecule has 0 radical (unpaired) electrons. The summed E-state index contributed by atoms with van der Waals surface area (Å²) in [6.07, 6.45) is 9.07. The maximum absolute atomic E-state index is 13.6. The summed E-state index contributed by atoms with van der Waals surface area (Å²) in [6.45, 7) is 4.15. The standard InChI is InChI=1S/C29H33FN2O4/c1-3-35-29(34)32-23-10-11-24-20(14-23)15-26-27(17(2)36-28(26)33)25(24)12-9-22-8-7-19(16-31-22)18-5-4-6-21(30)13-18/h4-9,12-13,16-17,20,23-27H,3,10-11,14-15H2,1-2H3,(H,32,34)/t17-,20-,23-,24-,25-,26-,27+/m0/s1. The number of benzene rings is 1. The highest BCUT2D eigenvalue weighted by atomic mass is 19.1. The third-order valence-electron chi connectivity index (χ3n) is 8.18. The minimum Gasteiger partial charge on any atom is -0.462 e. The summed E-state index contributed by atoms with van der Waals surface area (Å²) in [5.41, 5.74) is 2.48. The SMILES string of the molecule is CCOC(=O)N[C@H]1CC[C@H]2[C@@H](C1)C[C@@H]1C(=O)O[C@@H](C)[C@@H]1[C@H]2C=Cc1ccc(-c2cccc(F)c2)cn1.